The molecule has 0 fully saturated rings. The number of hydrogen-bond donors (Lipinski definition) is 2. The Morgan fingerprint density at radius 2 is 1.96 bits per heavy atom. The maximum absolute atomic E-state index is 12.7. The zero-order chi connectivity index (χ0) is 18.0. The van der Waals surface area contributed by atoms with Gasteiger partial charge in [-0.05, 0) is 55.7 Å². The smallest absolute Gasteiger partial charge is 0.321 e. The van der Waals surface area contributed by atoms with Crippen LogP contribution in [0, 0.1) is 6.92 Å². The Morgan fingerprint density at radius 3 is 2.68 bits per heavy atom. The van der Waals surface area contributed by atoms with Gasteiger partial charge in [0.15, 0.2) is 0 Å². The van der Waals surface area contributed by atoms with Gasteiger partial charge in [0.1, 0.15) is 0 Å². The van der Waals surface area contributed by atoms with Gasteiger partial charge in [-0.3, -0.25) is 9.62 Å². The highest BCUT2D eigenvalue weighted by atomic mass is 32.2. The fourth-order valence-electron chi connectivity index (χ4n) is 2.89. The van der Waals surface area contributed by atoms with Gasteiger partial charge in [-0.25, -0.2) is 13.2 Å². The molecule has 7 heteroatoms. The van der Waals surface area contributed by atoms with Crippen molar-refractivity contribution in [2.75, 3.05) is 22.7 Å². The van der Waals surface area contributed by atoms with Crippen LogP contribution in [0.4, 0.5) is 16.2 Å². The van der Waals surface area contributed by atoms with Crippen LogP contribution in [0.5, 0.6) is 0 Å². The molecule has 25 heavy (non-hydrogen) atoms. The van der Waals surface area contributed by atoms with E-state index in [1.165, 1.54) is 6.07 Å². The van der Waals surface area contributed by atoms with Crippen molar-refractivity contribution in [2.24, 2.45) is 0 Å². The summed E-state index contributed by atoms with van der Waals surface area (Å²) in [6.07, 6.45) is 0.639. The zero-order valence-electron chi connectivity index (χ0n) is 14.2. The molecule has 2 aromatic carbocycles. The zero-order valence-corrected chi connectivity index (χ0v) is 15.1. The van der Waals surface area contributed by atoms with E-state index in [-0.39, 0.29) is 10.9 Å². The third-order valence-electron chi connectivity index (χ3n) is 4.22. The molecule has 132 valence electrons. The van der Waals surface area contributed by atoms with Gasteiger partial charge < -0.3 is 5.32 Å². The molecule has 1 heterocycles. The van der Waals surface area contributed by atoms with E-state index in [1.54, 1.807) is 29.2 Å². The number of carbonyl (C=O) groups excluding carboxylic acids is 1. The number of carbonyl (C=O) groups is 1. The van der Waals surface area contributed by atoms with Crippen LogP contribution >= 0.6 is 0 Å². The lowest BCUT2D eigenvalue weighted by Crippen LogP contribution is -2.38. The van der Waals surface area contributed by atoms with Gasteiger partial charge in [-0.15, -0.1) is 0 Å². The van der Waals surface area contributed by atoms with Gasteiger partial charge in [0.05, 0.1) is 10.6 Å². The minimum Gasteiger partial charge on any atom is -0.338 e. The Kier molecular flexibility index (Phi) is 4.67. The van der Waals surface area contributed by atoms with E-state index in [0.717, 1.165) is 16.8 Å². The molecular formula is C18H21N3O3S. The number of para-hydroxylation sites is 1. The number of rotatable bonds is 4. The van der Waals surface area contributed by atoms with E-state index in [1.807, 2.05) is 26.0 Å². The van der Waals surface area contributed by atoms with E-state index in [2.05, 4.69) is 10.0 Å². The fourth-order valence-corrected chi connectivity index (χ4v) is 4.07. The van der Waals surface area contributed by atoms with Crippen LogP contribution in [0.15, 0.2) is 47.4 Å². The van der Waals surface area contributed by atoms with E-state index in [0.29, 0.717) is 25.2 Å². The number of aryl methyl sites for hydroxylation is 1. The number of nitrogens with one attached hydrogen (secondary N) is 2. The molecule has 2 N–H and O–H groups in total. The number of fused-ring (bicyclic) bond motifs is 1. The number of benzene rings is 2. The average Bonchev–Trinajstić information content (AvgIpc) is 3.00. The molecule has 0 aliphatic carbocycles. The number of urea groups is 1. The van der Waals surface area contributed by atoms with Crippen molar-refractivity contribution in [3.63, 3.8) is 0 Å². The van der Waals surface area contributed by atoms with Crippen molar-refractivity contribution in [3.8, 4) is 0 Å². The molecule has 1 aliphatic heterocycles. The van der Waals surface area contributed by atoms with Crippen LogP contribution in [0.25, 0.3) is 0 Å². The molecule has 0 radical (unpaired) electrons. The number of sulfonamides is 1. The lowest BCUT2D eigenvalue weighted by Gasteiger charge is -2.18. The summed E-state index contributed by atoms with van der Waals surface area (Å²) in [6, 6.07) is 12.0. The Balaban J connectivity index is 1.87. The maximum Gasteiger partial charge on any atom is 0.321 e. The van der Waals surface area contributed by atoms with Crippen LogP contribution < -0.4 is 14.9 Å². The number of hydrogen-bond acceptors (Lipinski definition) is 3. The third kappa shape index (κ3) is 3.46. The number of amides is 2. The lowest BCUT2D eigenvalue weighted by atomic mass is 10.2. The molecule has 6 nitrogen and oxygen atoms in total. The van der Waals surface area contributed by atoms with E-state index < -0.39 is 10.0 Å². The highest BCUT2D eigenvalue weighted by Crippen LogP contribution is 2.31. The molecule has 3 rings (SSSR count). The van der Waals surface area contributed by atoms with Gasteiger partial charge in [0.2, 0.25) is 0 Å². The average molecular weight is 359 g/mol. The first-order valence-corrected chi connectivity index (χ1v) is 9.67. The van der Waals surface area contributed by atoms with Gasteiger partial charge in [0.25, 0.3) is 10.0 Å². The summed E-state index contributed by atoms with van der Waals surface area (Å²) in [5.41, 5.74) is 3.04. The van der Waals surface area contributed by atoms with Crippen molar-refractivity contribution in [1.29, 1.82) is 0 Å². The summed E-state index contributed by atoms with van der Waals surface area (Å²) in [4.78, 5) is 13.9. The second-order valence-electron chi connectivity index (χ2n) is 5.95. The largest absolute Gasteiger partial charge is 0.338 e. The van der Waals surface area contributed by atoms with Gasteiger partial charge in [0, 0.05) is 18.8 Å². The number of nitrogens with zero attached hydrogens (tertiary/aromatic N) is 1. The summed E-state index contributed by atoms with van der Waals surface area (Å²) < 4.78 is 28.0. The van der Waals surface area contributed by atoms with E-state index in [4.69, 9.17) is 0 Å². The second-order valence-corrected chi connectivity index (χ2v) is 7.63. The van der Waals surface area contributed by atoms with Crippen LogP contribution in [0.1, 0.15) is 18.1 Å². The van der Waals surface area contributed by atoms with Crippen LogP contribution in [0.3, 0.4) is 0 Å². The highest BCUT2D eigenvalue weighted by Gasteiger charge is 2.26. The maximum atomic E-state index is 12.7. The fraction of sp³-hybridized carbons (Fsp3) is 0.278. The summed E-state index contributed by atoms with van der Waals surface area (Å²) in [7, 11) is -3.67. The van der Waals surface area contributed by atoms with Crippen molar-refractivity contribution >= 4 is 27.4 Å². The Labute approximate surface area is 147 Å². The Bertz CT molecular complexity index is 910. The Hall–Kier alpha value is -2.54. The molecule has 0 saturated carbocycles. The lowest BCUT2D eigenvalue weighted by molar-refractivity contribution is 0.247. The SMILES string of the molecule is CCNC(=O)N1CCc2cc(S(=O)(=O)Nc3ccccc3C)ccc21. The second kappa shape index (κ2) is 6.76. The molecule has 0 unspecified atom stereocenters. The number of anilines is 2. The predicted octanol–water partition coefficient (Wildman–Crippen LogP) is 2.89. The molecule has 2 aromatic rings. The van der Waals surface area contributed by atoms with Crippen LogP contribution in [-0.4, -0.2) is 27.5 Å². The molecule has 1 aliphatic rings. The first-order valence-electron chi connectivity index (χ1n) is 8.19. The summed E-state index contributed by atoms with van der Waals surface area (Å²) in [5.74, 6) is 0. The standard InChI is InChI=1S/C18H21N3O3S/c1-3-19-18(22)21-11-10-14-12-15(8-9-17(14)21)25(23,24)20-16-7-5-4-6-13(16)2/h4-9,12,20H,3,10-11H2,1-2H3,(H,19,22). The topological polar surface area (TPSA) is 78.5 Å². The summed E-state index contributed by atoms with van der Waals surface area (Å²) in [5, 5.41) is 2.77. The molecule has 0 saturated heterocycles. The van der Waals surface area contributed by atoms with Crippen LogP contribution in [-0.2, 0) is 16.4 Å². The van der Waals surface area contributed by atoms with Gasteiger partial charge in [-0.1, -0.05) is 18.2 Å². The molecule has 2 amide bonds. The van der Waals surface area contributed by atoms with Crippen LogP contribution in [0.2, 0.25) is 0 Å². The third-order valence-corrected chi connectivity index (χ3v) is 5.58. The van der Waals surface area contributed by atoms with Crippen molar-refractivity contribution in [2.45, 2.75) is 25.2 Å². The monoisotopic (exact) mass is 359 g/mol. The summed E-state index contributed by atoms with van der Waals surface area (Å²) >= 11 is 0. The first-order chi connectivity index (χ1) is 11.9. The minimum absolute atomic E-state index is 0.158. The molecule has 0 aromatic heterocycles. The normalized spacial score (nSPS) is 13.4. The van der Waals surface area contributed by atoms with E-state index >= 15 is 0 Å². The van der Waals surface area contributed by atoms with Gasteiger partial charge >= 0.3 is 6.03 Å². The molecule has 0 spiro atoms. The van der Waals surface area contributed by atoms with Crippen molar-refractivity contribution in [1.82, 2.24) is 5.32 Å². The molecule has 0 atom stereocenters. The quantitative estimate of drug-likeness (QED) is 0.881. The molecule has 0 bridgehead atoms. The van der Waals surface area contributed by atoms with Crippen molar-refractivity contribution in [3.05, 3.63) is 53.6 Å². The summed E-state index contributed by atoms with van der Waals surface area (Å²) in [6.45, 7) is 4.82. The predicted molar refractivity (Wildman–Crippen MR) is 98.6 cm³/mol. The van der Waals surface area contributed by atoms with Gasteiger partial charge in [-0.2, -0.15) is 0 Å². The minimum atomic E-state index is -3.67. The first kappa shape index (κ1) is 17.3. The highest BCUT2D eigenvalue weighted by molar-refractivity contribution is 7.92. The van der Waals surface area contributed by atoms with E-state index in [9.17, 15) is 13.2 Å². The molecular weight excluding hydrogens is 338 g/mol. The Morgan fingerprint density at radius 1 is 1.20 bits per heavy atom. The van der Waals surface area contributed by atoms with Crippen molar-refractivity contribution < 1.29 is 13.2 Å².